The quantitative estimate of drug-likeness (QED) is 0.745. The Bertz CT molecular complexity index is 510. The first-order valence-corrected chi connectivity index (χ1v) is 8.03. The van der Waals surface area contributed by atoms with Crippen LogP contribution in [0.25, 0.3) is 0 Å². The predicted octanol–water partition coefficient (Wildman–Crippen LogP) is 1.50. The van der Waals surface area contributed by atoms with Gasteiger partial charge in [0.05, 0.1) is 19.8 Å². The van der Waals surface area contributed by atoms with Crippen LogP contribution < -0.4 is 10.6 Å². The van der Waals surface area contributed by atoms with Gasteiger partial charge in [0, 0.05) is 31.1 Å². The summed E-state index contributed by atoms with van der Waals surface area (Å²) in [5.41, 5.74) is 1.80. The van der Waals surface area contributed by atoms with E-state index in [1.807, 2.05) is 24.3 Å². The van der Waals surface area contributed by atoms with Gasteiger partial charge in [-0.05, 0) is 31.0 Å². The first-order valence-electron chi connectivity index (χ1n) is 8.03. The first kappa shape index (κ1) is 17.4. The Morgan fingerprint density at radius 2 is 2.13 bits per heavy atom. The maximum Gasteiger partial charge on any atom is 0.306 e. The van der Waals surface area contributed by atoms with Crippen molar-refractivity contribution in [3.63, 3.8) is 0 Å². The summed E-state index contributed by atoms with van der Waals surface area (Å²) in [6.45, 7) is 4.26. The Hall–Kier alpha value is -1.92. The molecule has 0 bridgehead atoms. The molecule has 1 amide bonds. The van der Waals surface area contributed by atoms with Crippen molar-refractivity contribution >= 4 is 17.6 Å². The monoisotopic (exact) mass is 320 g/mol. The van der Waals surface area contributed by atoms with Crippen LogP contribution in [-0.2, 0) is 25.5 Å². The lowest BCUT2D eigenvalue weighted by molar-refractivity contribution is -0.143. The zero-order chi connectivity index (χ0) is 16.5. The third kappa shape index (κ3) is 6.38. The number of hydrogen-bond acceptors (Lipinski definition) is 5. The Balaban J connectivity index is 1.75. The molecule has 1 aromatic carbocycles. The van der Waals surface area contributed by atoms with Crippen LogP contribution in [0.15, 0.2) is 24.3 Å². The Labute approximate surface area is 136 Å². The fourth-order valence-electron chi connectivity index (χ4n) is 2.42. The van der Waals surface area contributed by atoms with Gasteiger partial charge in [0.1, 0.15) is 0 Å². The summed E-state index contributed by atoms with van der Waals surface area (Å²) in [6.07, 6.45) is 1.40. The number of morpholine rings is 1. The lowest BCUT2D eigenvalue weighted by Crippen LogP contribution is -2.43. The van der Waals surface area contributed by atoms with E-state index >= 15 is 0 Å². The second-order valence-electron chi connectivity index (χ2n) is 5.48. The average Bonchev–Trinajstić information content (AvgIpc) is 2.55. The largest absolute Gasteiger partial charge is 0.466 e. The lowest BCUT2D eigenvalue weighted by Gasteiger charge is -2.23. The van der Waals surface area contributed by atoms with Crippen LogP contribution in [0.2, 0.25) is 0 Å². The van der Waals surface area contributed by atoms with Crippen LogP contribution in [0.3, 0.4) is 0 Å². The van der Waals surface area contributed by atoms with Crippen molar-refractivity contribution in [2.45, 2.75) is 32.2 Å². The van der Waals surface area contributed by atoms with Crippen molar-refractivity contribution in [2.75, 3.05) is 31.7 Å². The summed E-state index contributed by atoms with van der Waals surface area (Å²) >= 11 is 0. The molecule has 0 aromatic heterocycles. The number of nitrogens with one attached hydrogen (secondary N) is 2. The summed E-state index contributed by atoms with van der Waals surface area (Å²) in [4.78, 5) is 23.3. The molecule has 1 heterocycles. The molecule has 1 saturated heterocycles. The number of ether oxygens (including phenoxy) is 2. The molecular formula is C17H24N2O4. The van der Waals surface area contributed by atoms with E-state index < -0.39 is 0 Å². The van der Waals surface area contributed by atoms with Gasteiger partial charge < -0.3 is 20.1 Å². The van der Waals surface area contributed by atoms with Crippen LogP contribution in [0.4, 0.5) is 5.69 Å². The molecule has 6 nitrogen and oxygen atoms in total. The zero-order valence-electron chi connectivity index (χ0n) is 13.5. The van der Waals surface area contributed by atoms with E-state index in [-0.39, 0.29) is 17.9 Å². The van der Waals surface area contributed by atoms with E-state index in [1.165, 1.54) is 0 Å². The van der Waals surface area contributed by atoms with Crippen molar-refractivity contribution < 1.29 is 19.1 Å². The van der Waals surface area contributed by atoms with Crippen molar-refractivity contribution in [3.05, 3.63) is 29.8 Å². The molecule has 1 unspecified atom stereocenters. The molecule has 0 aliphatic carbocycles. The lowest BCUT2D eigenvalue weighted by atomic mass is 10.1. The third-order valence-electron chi connectivity index (χ3n) is 3.59. The molecule has 23 heavy (non-hydrogen) atoms. The van der Waals surface area contributed by atoms with Gasteiger partial charge in [0.2, 0.25) is 5.91 Å². The minimum Gasteiger partial charge on any atom is -0.466 e. The Morgan fingerprint density at radius 3 is 2.78 bits per heavy atom. The molecule has 1 atom stereocenters. The molecule has 0 saturated carbocycles. The van der Waals surface area contributed by atoms with Crippen LogP contribution in [0.1, 0.15) is 25.3 Å². The van der Waals surface area contributed by atoms with Crippen LogP contribution in [0.5, 0.6) is 0 Å². The van der Waals surface area contributed by atoms with E-state index in [1.54, 1.807) is 6.92 Å². The number of carbonyl (C=O) groups excluding carboxylic acids is 2. The highest BCUT2D eigenvalue weighted by Crippen LogP contribution is 2.12. The minimum atomic E-state index is -0.188. The molecule has 2 rings (SSSR count). The SMILES string of the molecule is CCOC(=O)CCc1ccc(NC(=O)CC2COCCN2)cc1. The number of carbonyl (C=O) groups is 2. The zero-order valence-corrected chi connectivity index (χ0v) is 13.5. The molecule has 6 heteroatoms. The highest BCUT2D eigenvalue weighted by Gasteiger charge is 2.16. The van der Waals surface area contributed by atoms with Gasteiger partial charge in [0.15, 0.2) is 0 Å². The molecule has 1 aliphatic rings. The topological polar surface area (TPSA) is 76.7 Å². The number of aryl methyl sites for hydroxylation is 1. The van der Waals surface area contributed by atoms with Gasteiger partial charge in [-0.2, -0.15) is 0 Å². The van der Waals surface area contributed by atoms with E-state index in [0.29, 0.717) is 39.1 Å². The van der Waals surface area contributed by atoms with Gasteiger partial charge in [-0.3, -0.25) is 9.59 Å². The fourth-order valence-corrected chi connectivity index (χ4v) is 2.42. The van der Waals surface area contributed by atoms with Crippen molar-refractivity contribution in [1.82, 2.24) is 5.32 Å². The number of esters is 1. The van der Waals surface area contributed by atoms with Gasteiger partial charge in [-0.25, -0.2) is 0 Å². The summed E-state index contributed by atoms with van der Waals surface area (Å²) < 4.78 is 10.2. The number of benzene rings is 1. The number of amides is 1. The molecule has 1 fully saturated rings. The molecule has 126 valence electrons. The number of anilines is 1. The molecule has 1 aliphatic heterocycles. The van der Waals surface area contributed by atoms with Crippen molar-refractivity contribution in [3.8, 4) is 0 Å². The number of rotatable bonds is 7. The second kappa shape index (κ2) is 9.27. The summed E-state index contributed by atoms with van der Waals surface area (Å²) in [5.74, 6) is -0.223. The van der Waals surface area contributed by atoms with E-state index in [2.05, 4.69) is 10.6 Å². The molecular weight excluding hydrogens is 296 g/mol. The van der Waals surface area contributed by atoms with Gasteiger partial charge in [-0.15, -0.1) is 0 Å². The smallest absolute Gasteiger partial charge is 0.306 e. The van der Waals surface area contributed by atoms with Gasteiger partial charge in [0.25, 0.3) is 0 Å². The summed E-state index contributed by atoms with van der Waals surface area (Å²) in [7, 11) is 0. The third-order valence-corrected chi connectivity index (χ3v) is 3.59. The molecule has 1 aromatic rings. The Kier molecular flexibility index (Phi) is 7.03. The highest BCUT2D eigenvalue weighted by atomic mass is 16.5. The average molecular weight is 320 g/mol. The van der Waals surface area contributed by atoms with Crippen LogP contribution in [0, 0.1) is 0 Å². The van der Waals surface area contributed by atoms with E-state index in [9.17, 15) is 9.59 Å². The highest BCUT2D eigenvalue weighted by molar-refractivity contribution is 5.91. The maximum absolute atomic E-state index is 12.0. The van der Waals surface area contributed by atoms with Gasteiger partial charge >= 0.3 is 5.97 Å². The van der Waals surface area contributed by atoms with Gasteiger partial charge in [-0.1, -0.05) is 12.1 Å². The van der Waals surface area contributed by atoms with Crippen LogP contribution >= 0.6 is 0 Å². The number of hydrogen-bond donors (Lipinski definition) is 2. The summed E-state index contributed by atoms with van der Waals surface area (Å²) in [6, 6.07) is 7.60. The fraction of sp³-hybridized carbons (Fsp3) is 0.529. The minimum absolute atomic E-state index is 0.0349. The first-order chi connectivity index (χ1) is 11.2. The molecule has 0 radical (unpaired) electrons. The van der Waals surface area contributed by atoms with E-state index in [4.69, 9.17) is 9.47 Å². The molecule has 0 spiro atoms. The van der Waals surface area contributed by atoms with E-state index in [0.717, 1.165) is 17.8 Å². The normalized spacial score (nSPS) is 17.5. The molecule has 2 N–H and O–H groups in total. The van der Waals surface area contributed by atoms with Crippen molar-refractivity contribution in [2.24, 2.45) is 0 Å². The maximum atomic E-state index is 12.0. The standard InChI is InChI=1S/C17H24N2O4/c1-2-23-17(21)8-5-13-3-6-14(7-4-13)19-16(20)11-15-12-22-10-9-18-15/h3-4,6-7,15,18H,2,5,8-12H2,1H3,(H,19,20). The second-order valence-corrected chi connectivity index (χ2v) is 5.48. The summed E-state index contributed by atoms with van der Waals surface area (Å²) in [5, 5.41) is 6.13. The predicted molar refractivity (Wildman–Crippen MR) is 87.3 cm³/mol. The van der Waals surface area contributed by atoms with Crippen molar-refractivity contribution in [1.29, 1.82) is 0 Å². The van der Waals surface area contributed by atoms with Crippen LogP contribution in [-0.4, -0.2) is 44.3 Å². The Morgan fingerprint density at radius 1 is 1.35 bits per heavy atom.